The normalized spacial score (nSPS) is 11.0. The molecule has 6 heteroatoms. The van der Waals surface area contributed by atoms with E-state index in [9.17, 15) is 14.9 Å². The Morgan fingerprint density at radius 3 is 2.47 bits per heavy atom. The highest BCUT2D eigenvalue weighted by Crippen LogP contribution is 2.26. The number of hydrogen-bond donors (Lipinski definition) is 1. The Bertz CT molecular complexity index is 1230. The molecule has 1 heterocycles. The second-order valence-electron chi connectivity index (χ2n) is 7.44. The van der Waals surface area contributed by atoms with Crippen LogP contribution >= 0.6 is 0 Å². The van der Waals surface area contributed by atoms with E-state index in [0.717, 1.165) is 33.8 Å². The van der Waals surface area contributed by atoms with E-state index >= 15 is 0 Å². The first-order valence-electron chi connectivity index (χ1n) is 10.2. The highest BCUT2D eigenvalue weighted by molar-refractivity contribution is 6.01. The molecule has 1 N–H and O–H groups in total. The van der Waals surface area contributed by atoms with Crippen molar-refractivity contribution in [3.05, 3.63) is 93.8 Å². The van der Waals surface area contributed by atoms with Crippen molar-refractivity contribution >= 4 is 18.0 Å². The highest BCUT2D eigenvalue weighted by Gasteiger charge is 2.17. The van der Waals surface area contributed by atoms with E-state index in [0.29, 0.717) is 12.1 Å². The van der Waals surface area contributed by atoms with Gasteiger partial charge >= 0.3 is 5.97 Å². The number of benzene rings is 2. The molecule has 1 aromatic heterocycles. The number of ether oxygens (including phenoxy) is 1. The van der Waals surface area contributed by atoms with E-state index in [1.54, 1.807) is 18.2 Å². The minimum atomic E-state index is -0.426. The third kappa shape index (κ3) is 4.62. The summed E-state index contributed by atoms with van der Waals surface area (Å²) < 4.78 is 6.89. The summed E-state index contributed by atoms with van der Waals surface area (Å²) in [6.45, 7) is 6.07. The number of aromatic nitrogens is 1. The lowest BCUT2D eigenvalue weighted by atomic mass is 10.1. The Morgan fingerprint density at radius 1 is 1.09 bits per heavy atom. The average molecular weight is 428 g/mol. The molecule has 0 spiro atoms. The zero-order valence-corrected chi connectivity index (χ0v) is 18.6. The second-order valence-corrected chi connectivity index (χ2v) is 7.44. The molecule has 0 saturated heterocycles. The molecule has 32 heavy (non-hydrogen) atoms. The number of carbonyl (C=O) groups is 2. The topological polar surface area (TPSA) is 84.1 Å². The minimum Gasteiger partial charge on any atom is -0.465 e. The van der Waals surface area contributed by atoms with Gasteiger partial charge in [0.2, 0.25) is 0 Å². The van der Waals surface area contributed by atoms with Gasteiger partial charge in [-0.05, 0) is 61.7 Å². The van der Waals surface area contributed by atoms with Crippen molar-refractivity contribution in [1.29, 1.82) is 5.26 Å². The van der Waals surface area contributed by atoms with Gasteiger partial charge in [0.25, 0.3) is 5.91 Å². The van der Waals surface area contributed by atoms with Crippen LogP contribution in [-0.4, -0.2) is 23.6 Å². The Balaban J connectivity index is 1.93. The summed E-state index contributed by atoms with van der Waals surface area (Å²) in [5.74, 6) is -0.821. The number of esters is 1. The molecule has 3 rings (SSSR count). The van der Waals surface area contributed by atoms with Gasteiger partial charge in [0.1, 0.15) is 11.6 Å². The number of nitrogens with one attached hydrogen (secondary N) is 1. The first kappa shape index (κ1) is 22.6. The fourth-order valence-corrected chi connectivity index (χ4v) is 3.68. The quantitative estimate of drug-likeness (QED) is 0.359. The van der Waals surface area contributed by atoms with Crippen LogP contribution in [0, 0.1) is 32.1 Å². The summed E-state index contributed by atoms with van der Waals surface area (Å²) >= 11 is 0. The molecule has 0 atom stereocenters. The number of aryl methyl sites for hydroxylation is 1. The number of amides is 1. The Labute approximate surface area is 187 Å². The van der Waals surface area contributed by atoms with E-state index < -0.39 is 11.9 Å². The SMILES string of the molecule is COC(=O)c1cccc(-n2c(C)cc(/C=C(/C#N)C(=O)NCc3ccccc3)c2C)c1C. The molecule has 2 aromatic carbocycles. The van der Waals surface area contributed by atoms with Gasteiger partial charge in [0.15, 0.2) is 0 Å². The van der Waals surface area contributed by atoms with Crippen LogP contribution in [0.2, 0.25) is 0 Å². The maximum atomic E-state index is 12.6. The number of methoxy groups -OCH3 is 1. The van der Waals surface area contributed by atoms with Gasteiger partial charge in [-0.3, -0.25) is 4.79 Å². The van der Waals surface area contributed by atoms with Crippen molar-refractivity contribution in [3.8, 4) is 11.8 Å². The molecule has 162 valence electrons. The van der Waals surface area contributed by atoms with Crippen LogP contribution in [0.5, 0.6) is 0 Å². The third-order valence-electron chi connectivity index (χ3n) is 5.38. The van der Waals surface area contributed by atoms with Crippen molar-refractivity contribution in [3.63, 3.8) is 0 Å². The summed E-state index contributed by atoms with van der Waals surface area (Å²) in [5, 5.41) is 12.4. The van der Waals surface area contributed by atoms with Crippen LogP contribution in [0.15, 0.2) is 60.2 Å². The molecule has 0 aliphatic heterocycles. The maximum Gasteiger partial charge on any atom is 0.338 e. The highest BCUT2D eigenvalue weighted by atomic mass is 16.5. The first-order chi connectivity index (χ1) is 15.4. The van der Waals surface area contributed by atoms with Gasteiger partial charge < -0.3 is 14.6 Å². The molecule has 0 bridgehead atoms. The van der Waals surface area contributed by atoms with Gasteiger partial charge in [-0.2, -0.15) is 5.26 Å². The molecular weight excluding hydrogens is 402 g/mol. The summed E-state index contributed by atoms with van der Waals surface area (Å²) in [5.41, 5.74) is 5.65. The van der Waals surface area contributed by atoms with E-state index in [1.807, 2.05) is 73.9 Å². The summed E-state index contributed by atoms with van der Waals surface area (Å²) in [7, 11) is 1.36. The summed E-state index contributed by atoms with van der Waals surface area (Å²) in [4.78, 5) is 24.7. The van der Waals surface area contributed by atoms with Crippen molar-refractivity contribution < 1.29 is 14.3 Å². The molecule has 3 aromatic rings. The van der Waals surface area contributed by atoms with E-state index in [2.05, 4.69) is 5.32 Å². The van der Waals surface area contributed by atoms with Crippen molar-refractivity contribution in [2.75, 3.05) is 7.11 Å². The largest absolute Gasteiger partial charge is 0.465 e. The van der Waals surface area contributed by atoms with Crippen LogP contribution < -0.4 is 5.32 Å². The zero-order chi connectivity index (χ0) is 23.3. The van der Waals surface area contributed by atoms with Crippen LogP contribution in [-0.2, 0) is 16.1 Å². The fraction of sp³-hybridized carbons (Fsp3) is 0.192. The number of carbonyl (C=O) groups excluding carboxylic acids is 2. The monoisotopic (exact) mass is 427 g/mol. The van der Waals surface area contributed by atoms with Gasteiger partial charge in [0.05, 0.1) is 12.7 Å². The standard InChI is InChI=1S/C26H25N3O3/c1-17-13-21(14-22(15-27)25(30)28-16-20-9-6-5-7-10-20)19(3)29(17)24-12-8-11-23(18(24)2)26(31)32-4/h5-14H,16H2,1-4H3,(H,28,30)/b22-14-. The molecule has 0 saturated carbocycles. The molecule has 0 aliphatic rings. The van der Waals surface area contributed by atoms with Crippen LogP contribution in [0.3, 0.4) is 0 Å². The van der Waals surface area contributed by atoms with Crippen molar-refractivity contribution in [2.45, 2.75) is 27.3 Å². The third-order valence-corrected chi connectivity index (χ3v) is 5.38. The van der Waals surface area contributed by atoms with E-state index in [4.69, 9.17) is 4.74 Å². The zero-order valence-electron chi connectivity index (χ0n) is 18.6. The fourth-order valence-electron chi connectivity index (χ4n) is 3.68. The molecule has 0 unspecified atom stereocenters. The van der Waals surface area contributed by atoms with E-state index in [-0.39, 0.29) is 5.57 Å². The lowest BCUT2D eigenvalue weighted by Gasteiger charge is -2.15. The molecule has 0 radical (unpaired) electrons. The predicted molar refractivity (Wildman–Crippen MR) is 123 cm³/mol. The number of rotatable bonds is 6. The van der Waals surface area contributed by atoms with Gasteiger partial charge in [-0.1, -0.05) is 36.4 Å². The van der Waals surface area contributed by atoms with Crippen LogP contribution in [0.25, 0.3) is 11.8 Å². The lowest BCUT2D eigenvalue weighted by molar-refractivity contribution is -0.117. The predicted octanol–water partition coefficient (Wildman–Crippen LogP) is 4.41. The second kappa shape index (κ2) is 9.80. The van der Waals surface area contributed by atoms with Crippen molar-refractivity contribution in [2.24, 2.45) is 0 Å². The Morgan fingerprint density at radius 2 is 1.81 bits per heavy atom. The van der Waals surface area contributed by atoms with Crippen molar-refractivity contribution in [1.82, 2.24) is 9.88 Å². The number of nitrogens with zero attached hydrogens (tertiary/aromatic N) is 2. The molecule has 0 aliphatic carbocycles. The Hall–Kier alpha value is -4.11. The molecule has 0 fully saturated rings. The van der Waals surface area contributed by atoms with Crippen LogP contribution in [0.4, 0.5) is 0 Å². The number of nitriles is 1. The first-order valence-corrected chi connectivity index (χ1v) is 10.2. The maximum absolute atomic E-state index is 12.6. The van der Waals surface area contributed by atoms with E-state index in [1.165, 1.54) is 7.11 Å². The van der Waals surface area contributed by atoms with Gasteiger partial charge in [-0.25, -0.2) is 4.79 Å². The average Bonchev–Trinajstić information content (AvgIpc) is 3.08. The van der Waals surface area contributed by atoms with Gasteiger partial charge in [-0.15, -0.1) is 0 Å². The van der Waals surface area contributed by atoms with Gasteiger partial charge in [0, 0.05) is 23.6 Å². The number of hydrogen-bond acceptors (Lipinski definition) is 4. The summed E-state index contributed by atoms with van der Waals surface area (Å²) in [6, 6.07) is 18.9. The van der Waals surface area contributed by atoms with Crippen LogP contribution in [0.1, 0.15) is 38.4 Å². The molecular formula is C26H25N3O3. The minimum absolute atomic E-state index is 0.0289. The smallest absolute Gasteiger partial charge is 0.338 e. The molecule has 1 amide bonds. The Kier molecular flexibility index (Phi) is 6.91. The molecule has 6 nitrogen and oxygen atoms in total. The lowest BCUT2D eigenvalue weighted by Crippen LogP contribution is -2.23. The summed E-state index contributed by atoms with van der Waals surface area (Å²) in [6.07, 6.45) is 1.60.